The summed E-state index contributed by atoms with van der Waals surface area (Å²) in [5.41, 5.74) is 4.22. The highest BCUT2D eigenvalue weighted by Crippen LogP contribution is 2.43. The van der Waals surface area contributed by atoms with Gasteiger partial charge in [0, 0.05) is 21.5 Å². The van der Waals surface area contributed by atoms with Crippen LogP contribution in [0.2, 0.25) is 0 Å². The average Bonchev–Trinajstić information content (AvgIpc) is 3.45. The molecule has 0 N–H and O–H groups in total. The molecule has 6 nitrogen and oxygen atoms in total. The van der Waals surface area contributed by atoms with Gasteiger partial charge >= 0.3 is 7.12 Å². The maximum atomic E-state index is 5.19. The molecule has 7 heteroatoms. The van der Waals surface area contributed by atoms with Crippen molar-refractivity contribution < 1.29 is 4.49 Å². The molecule has 0 atom stereocenters. The van der Waals surface area contributed by atoms with E-state index in [4.69, 9.17) is 15.0 Å². The van der Waals surface area contributed by atoms with Crippen LogP contribution in [0.4, 0.5) is 11.6 Å². The fourth-order valence-corrected chi connectivity index (χ4v) is 5.69. The third-order valence-corrected chi connectivity index (χ3v) is 6.92. The zero-order chi connectivity index (χ0) is 19.8. The quantitative estimate of drug-likeness (QED) is 0.362. The summed E-state index contributed by atoms with van der Waals surface area (Å²) < 4.78 is 6.85. The summed E-state index contributed by atoms with van der Waals surface area (Å²) in [4.78, 5) is 15.6. The zero-order valence-electron chi connectivity index (χ0n) is 16.2. The molecule has 0 bridgehead atoms. The first-order valence-electron chi connectivity index (χ1n) is 10.4. The summed E-state index contributed by atoms with van der Waals surface area (Å²) in [6.07, 6.45) is 0. The van der Waals surface area contributed by atoms with E-state index in [1.54, 1.807) is 0 Å². The third kappa shape index (κ3) is 1.43. The van der Waals surface area contributed by atoms with Crippen molar-refractivity contribution in [1.29, 1.82) is 0 Å². The second kappa shape index (κ2) is 4.57. The zero-order valence-corrected chi connectivity index (χ0v) is 16.2. The van der Waals surface area contributed by atoms with E-state index in [9.17, 15) is 0 Å². The van der Waals surface area contributed by atoms with Crippen molar-refractivity contribution in [3.05, 3.63) is 94.9 Å². The lowest BCUT2D eigenvalue weighted by atomic mass is 9.87. The van der Waals surface area contributed by atoms with Gasteiger partial charge in [0.25, 0.3) is 11.7 Å². The van der Waals surface area contributed by atoms with Gasteiger partial charge in [-0.15, -0.1) is 0 Å². The molecular formula is C24H12BN6+. The van der Waals surface area contributed by atoms with E-state index >= 15 is 0 Å². The van der Waals surface area contributed by atoms with Crippen molar-refractivity contribution in [1.82, 2.24) is 8.96 Å². The number of benzene rings is 3. The van der Waals surface area contributed by atoms with E-state index in [2.05, 4.69) is 86.2 Å². The molecule has 0 amide bonds. The Morgan fingerprint density at radius 1 is 0.581 bits per heavy atom. The van der Waals surface area contributed by atoms with Crippen molar-refractivity contribution in [2.75, 3.05) is 0 Å². The van der Waals surface area contributed by atoms with Gasteiger partial charge in [0.05, 0.1) is 11.1 Å². The Labute approximate surface area is 175 Å². The van der Waals surface area contributed by atoms with E-state index in [0.29, 0.717) is 0 Å². The first-order chi connectivity index (χ1) is 15.4. The fraction of sp³-hybridized carbons (Fsp3) is 0. The van der Waals surface area contributed by atoms with E-state index in [1.165, 1.54) is 0 Å². The van der Waals surface area contributed by atoms with E-state index in [0.717, 1.165) is 67.0 Å². The van der Waals surface area contributed by atoms with Gasteiger partial charge in [-0.2, -0.15) is 0 Å². The number of nitrogens with zero attached hydrogens (tertiary/aromatic N) is 6. The molecule has 0 fully saturated rings. The number of rotatable bonds is 0. The molecule has 0 aliphatic carbocycles. The van der Waals surface area contributed by atoms with Crippen molar-refractivity contribution >= 4 is 52.0 Å². The first kappa shape index (κ1) is 14.7. The van der Waals surface area contributed by atoms with Crippen molar-refractivity contribution in [3.63, 3.8) is 0 Å². The second-order valence-electron chi connectivity index (χ2n) is 8.37. The van der Waals surface area contributed by atoms with E-state index in [1.807, 2.05) is 0 Å². The Morgan fingerprint density at radius 3 is 1.90 bits per heavy atom. The summed E-state index contributed by atoms with van der Waals surface area (Å²) in [5, 5.41) is 4.55. The largest absolute Gasteiger partial charge is 0.612 e. The molecule has 4 aliphatic heterocycles. The number of fused-ring (bicyclic) bond motifs is 9. The van der Waals surface area contributed by atoms with E-state index < -0.39 is 0 Å². The highest BCUT2D eigenvalue weighted by atomic mass is 15.4. The van der Waals surface area contributed by atoms with Gasteiger partial charge in [0.15, 0.2) is 0 Å². The number of amidine groups is 2. The van der Waals surface area contributed by atoms with Crippen LogP contribution in [0.15, 0.2) is 87.8 Å². The summed E-state index contributed by atoms with van der Waals surface area (Å²) in [6, 6.07) is 25.4. The lowest BCUT2D eigenvalue weighted by molar-refractivity contribution is -0.257. The van der Waals surface area contributed by atoms with Crippen LogP contribution < -0.4 is 11.0 Å². The van der Waals surface area contributed by atoms with Crippen molar-refractivity contribution in [2.45, 2.75) is 0 Å². The molecule has 0 saturated carbocycles. The highest BCUT2D eigenvalue weighted by Gasteiger charge is 2.53. The molecule has 6 heterocycles. The van der Waals surface area contributed by atoms with Gasteiger partial charge in [0.1, 0.15) is 11.3 Å². The molecule has 5 aromatic rings. The van der Waals surface area contributed by atoms with Crippen LogP contribution in [0.1, 0.15) is 11.1 Å². The van der Waals surface area contributed by atoms with Crippen LogP contribution in [0, 0.1) is 0 Å². The maximum Gasteiger partial charge on any atom is 0.612 e. The van der Waals surface area contributed by atoms with Crippen LogP contribution in [0.25, 0.3) is 21.5 Å². The average molecular weight is 395 g/mol. The van der Waals surface area contributed by atoms with Gasteiger partial charge in [-0.3, -0.25) is 8.96 Å². The van der Waals surface area contributed by atoms with Crippen LogP contribution in [-0.2, 0) is 0 Å². The van der Waals surface area contributed by atoms with Gasteiger partial charge < -0.3 is 0 Å². The van der Waals surface area contributed by atoms with Gasteiger partial charge in [-0.1, -0.05) is 58.5 Å². The predicted octanol–water partition coefficient (Wildman–Crippen LogP) is 2.74. The topological polar surface area (TPSA) is 49.9 Å². The number of hydrogen-bond acceptors (Lipinski definition) is 3. The normalized spacial score (nSPS) is 16.3. The lowest BCUT2D eigenvalue weighted by Gasteiger charge is -2.25. The van der Waals surface area contributed by atoms with Crippen LogP contribution >= 0.6 is 0 Å². The molecule has 2 aromatic heterocycles. The predicted molar refractivity (Wildman–Crippen MR) is 119 cm³/mol. The lowest BCUT2D eigenvalue weighted by Crippen LogP contribution is -2.60. The van der Waals surface area contributed by atoms with Crippen molar-refractivity contribution in [3.8, 4) is 0 Å². The molecule has 0 unspecified atom stereocenters. The monoisotopic (exact) mass is 395 g/mol. The SMILES string of the molecule is c1ccc2c(c1)C1=Nc3c4ccccc4c4n3B3n5c(c6ccccc6c5=N4)=NC2=[N+]31. The number of hydrogen-bond donors (Lipinski definition) is 0. The summed E-state index contributed by atoms with van der Waals surface area (Å²) >= 11 is 0. The molecule has 31 heavy (non-hydrogen) atoms. The third-order valence-electron chi connectivity index (χ3n) is 6.92. The smallest absolute Gasteiger partial charge is 0.283 e. The Bertz CT molecular complexity index is 1900. The second-order valence-corrected chi connectivity index (χ2v) is 8.37. The molecule has 140 valence electrons. The summed E-state index contributed by atoms with van der Waals surface area (Å²) in [6.45, 7) is 0. The molecule has 3 aromatic carbocycles. The van der Waals surface area contributed by atoms with Crippen LogP contribution in [-0.4, -0.2) is 32.2 Å². The Morgan fingerprint density at radius 2 is 1.16 bits per heavy atom. The van der Waals surface area contributed by atoms with E-state index in [-0.39, 0.29) is 7.12 Å². The fourth-order valence-electron chi connectivity index (χ4n) is 5.69. The van der Waals surface area contributed by atoms with Crippen molar-refractivity contribution in [2.24, 2.45) is 15.0 Å². The van der Waals surface area contributed by atoms with Crippen LogP contribution in [0.3, 0.4) is 0 Å². The summed E-state index contributed by atoms with van der Waals surface area (Å²) in [5.74, 6) is 3.88. The van der Waals surface area contributed by atoms with Crippen LogP contribution in [0.5, 0.6) is 0 Å². The minimum Gasteiger partial charge on any atom is -0.283 e. The molecule has 0 spiro atoms. The van der Waals surface area contributed by atoms with Gasteiger partial charge in [-0.05, 0) is 24.3 Å². The molecule has 0 radical (unpaired) electrons. The molecular weight excluding hydrogens is 383 g/mol. The maximum absolute atomic E-state index is 5.19. The Kier molecular flexibility index (Phi) is 2.16. The Hall–Kier alpha value is -4.26. The molecule has 0 saturated heterocycles. The summed E-state index contributed by atoms with van der Waals surface area (Å²) in [7, 11) is -0.0975. The molecule has 9 rings (SSSR count). The van der Waals surface area contributed by atoms with Gasteiger partial charge in [0.2, 0.25) is 11.3 Å². The number of aliphatic imine (C=N–C) groups is 1. The first-order valence-corrected chi connectivity index (χ1v) is 10.4. The van der Waals surface area contributed by atoms with Gasteiger partial charge in [-0.25, -0.2) is 9.48 Å². The number of aromatic nitrogens is 2. The minimum absolute atomic E-state index is 0.0975. The molecule has 4 aliphatic rings. The Balaban J connectivity index is 1.62. The standard InChI is InChI=1S/C24H12BN6/c1-2-8-14-13(7-1)19-26-21-15-9-3-4-10-16(15)23-28-24-18-12-6-5-11-17(18)22-27-20(14)29(19)25(30(21)23)31(22)24/h1-12H/q+1. The minimum atomic E-state index is -0.0975. The highest BCUT2D eigenvalue weighted by molar-refractivity contribution is 6.55.